The Morgan fingerprint density at radius 2 is 2.21 bits per heavy atom. The second-order valence-electron chi connectivity index (χ2n) is 3.75. The van der Waals surface area contributed by atoms with Gasteiger partial charge in [-0.05, 0) is 24.0 Å². The molecule has 0 amide bonds. The molecule has 14 heavy (non-hydrogen) atoms. The normalized spacial score (nSPS) is 35.1. The van der Waals surface area contributed by atoms with Gasteiger partial charge in [0.15, 0.2) is 0 Å². The summed E-state index contributed by atoms with van der Waals surface area (Å²) in [6, 6.07) is 8.93. The van der Waals surface area contributed by atoms with Crippen LogP contribution in [0, 0.1) is 0 Å². The second-order valence-corrected chi connectivity index (χ2v) is 8.54. The summed E-state index contributed by atoms with van der Waals surface area (Å²) in [5.74, 6) is 1.24. The van der Waals surface area contributed by atoms with Crippen molar-refractivity contribution in [2.24, 2.45) is 0 Å². The van der Waals surface area contributed by atoms with Crippen LogP contribution in [0.4, 0.5) is 0 Å². The Morgan fingerprint density at radius 1 is 1.36 bits per heavy atom. The van der Waals surface area contributed by atoms with Crippen LogP contribution < -0.4 is 0 Å². The molecule has 1 saturated heterocycles. The number of hydrogen-bond donors (Lipinski definition) is 0. The smallest absolute Gasteiger partial charge is 0.0878 e. The summed E-state index contributed by atoms with van der Waals surface area (Å²) in [6.07, 6.45) is 2.57. The first-order chi connectivity index (χ1) is 6.80. The van der Waals surface area contributed by atoms with E-state index in [1.54, 1.807) is 11.1 Å². The molecule has 0 radical (unpaired) electrons. The van der Waals surface area contributed by atoms with Gasteiger partial charge in [0.2, 0.25) is 0 Å². The fourth-order valence-corrected chi connectivity index (χ4v) is 7.28. The quantitative estimate of drug-likeness (QED) is 0.662. The van der Waals surface area contributed by atoms with Crippen LogP contribution in [0.25, 0.3) is 0 Å². The molecule has 3 rings (SSSR count). The molecule has 1 aliphatic carbocycles. The molecule has 2 aliphatic rings. The maximum Gasteiger partial charge on any atom is 0.0878 e. The van der Waals surface area contributed by atoms with E-state index in [1.165, 1.54) is 18.6 Å². The van der Waals surface area contributed by atoms with Crippen LogP contribution in [-0.4, -0.2) is 9.91 Å². The summed E-state index contributed by atoms with van der Waals surface area (Å²) in [5, 5.41) is 0. The summed E-state index contributed by atoms with van der Waals surface area (Å²) >= 11 is 7.93. The predicted octanol–water partition coefficient (Wildman–Crippen LogP) is 3.99. The third-order valence-electron chi connectivity index (χ3n) is 2.92. The van der Waals surface area contributed by atoms with E-state index in [9.17, 15) is 0 Å². The molecule has 0 saturated carbocycles. The number of fused-ring (bicyclic) bond motifs is 2. The molecule has 3 heteroatoms. The van der Waals surface area contributed by atoms with Crippen LogP contribution in [-0.2, 0) is 10.5 Å². The first-order valence-electron chi connectivity index (χ1n) is 4.84. The molecule has 1 aromatic carbocycles. The summed E-state index contributed by atoms with van der Waals surface area (Å²) in [7, 11) is 0. The van der Waals surface area contributed by atoms with E-state index in [0.29, 0.717) is 8.24 Å². The SMILES string of the molecule is BrC1CSC2(CCc3ccccc32)S1. The zero-order chi connectivity index (χ0) is 9.60. The van der Waals surface area contributed by atoms with Crippen molar-refractivity contribution < 1.29 is 0 Å². The highest BCUT2D eigenvalue weighted by Crippen LogP contribution is 2.62. The van der Waals surface area contributed by atoms with Crippen molar-refractivity contribution in [2.45, 2.75) is 21.1 Å². The van der Waals surface area contributed by atoms with Gasteiger partial charge in [0.1, 0.15) is 0 Å². The highest BCUT2D eigenvalue weighted by atomic mass is 79.9. The van der Waals surface area contributed by atoms with Crippen LogP contribution in [0.15, 0.2) is 24.3 Å². The fraction of sp³-hybridized carbons (Fsp3) is 0.455. The monoisotopic (exact) mass is 286 g/mol. The van der Waals surface area contributed by atoms with Crippen LogP contribution in [0.3, 0.4) is 0 Å². The molecule has 1 heterocycles. The minimum absolute atomic E-state index is 0.380. The van der Waals surface area contributed by atoms with Gasteiger partial charge in [-0.2, -0.15) is 0 Å². The Hall–Kier alpha value is 0.400. The Bertz CT molecular complexity index is 362. The van der Waals surface area contributed by atoms with Crippen molar-refractivity contribution in [1.82, 2.24) is 0 Å². The summed E-state index contributed by atoms with van der Waals surface area (Å²) in [6.45, 7) is 0. The summed E-state index contributed by atoms with van der Waals surface area (Å²) < 4.78 is 1.02. The minimum atomic E-state index is 0.380. The van der Waals surface area contributed by atoms with Gasteiger partial charge in [-0.3, -0.25) is 0 Å². The molecule has 1 spiro atoms. The zero-order valence-electron chi connectivity index (χ0n) is 7.70. The molecule has 1 aliphatic heterocycles. The van der Waals surface area contributed by atoms with Crippen molar-refractivity contribution in [3.05, 3.63) is 35.4 Å². The average Bonchev–Trinajstić information content (AvgIpc) is 2.75. The summed E-state index contributed by atoms with van der Waals surface area (Å²) in [5.41, 5.74) is 3.14. The number of alkyl halides is 1. The van der Waals surface area contributed by atoms with Gasteiger partial charge < -0.3 is 0 Å². The van der Waals surface area contributed by atoms with E-state index >= 15 is 0 Å². The number of benzene rings is 1. The Morgan fingerprint density at radius 3 is 3.00 bits per heavy atom. The van der Waals surface area contributed by atoms with Crippen molar-refractivity contribution in [3.63, 3.8) is 0 Å². The lowest BCUT2D eigenvalue weighted by atomic mass is 10.1. The molecule has 0 nitrogen and oxygen atoms in total. The van der Waals surface area contributed by atoms with Gasteiger partial charge in [-0.15, -0.1) is 23.5 Å². The Labute approximate surface area is 101 Å². The van der Waals surface area contributed by atoms with Crippen molar-refractivity contribution in [2.75, 3.05) is 5.75 Å². The number of thioether (sulfide) groups is 2. The van der Waals surface area contributed by atoms with Crippen molar-refractivity contribution >= 4 is 39.5 Å². The minimum Gasteiger partial charge on any atom is -0.137 e. The largest absolute Gasteiger partial charge is 0.137 e. The van der Waals surface area contributed by atoms with Crippen molar-refractivity contribution in [1.29, 1.82) is 0 Å². The topological polar surface area (TPSA) is 0 Å². The number of aryl methyl sites for hydroxylation is 1. The van der Waals surface area contributed by atoms with Crippen LogP contribution in [0.1, 0.15) is 17.5 Å². The highest BCUT2D eigenvalue weighted by Gasteiger charge is 2.45. The maximum absolute atomic E-state index is 3.72. The molecule has 0 N–H and O–H groups in total. The van der Waals surface area contributed by atoms with Crippen molar-refractivity contribution in [3.8, 4) is 0 Å². The number of halogens is 1. The van der Waals surface area contributed by atoms with Gasteiger partial charge in [-0.1, -0.05) is 40.2 Å². The number of rotatable bonds is 0. The molecular formula is C11H11BrS2. The number of hydrogen-bond acceptors (Lipinski definition) is 2. The van der Waals surface area contributed by atoms with Gasteiger partial charge in [0.05, 0.1) is 8.24 Å². The fourth-order valence-electron chi connectivity index (χ4n) is 2.29. The van der Waals surface area contributed by atoms with E-state index in [0.717, 1.165) is 0 Å². The molecule has 0 bridgehead atoms. The Kier molecular flexibility index (Phi) is 2.38. The zero-order valence-corrected chi connectivity index (χ0v) is 10.9. The van der Waals surface area contributed by atoms with E-state index in [2.05, 4.69) is 63.7 Å². The van der Waals surface area contributed by atoms with E-state index < -0.39 is 0 Å². The molecular weight excluding hydrogens is 276 g/mol. The van der Waals surface area contributed by atoms with E-state index in [1.807, 2.05) is 0 Å². The molecule has 2 unspecified atom stereocenters. The standard InChI is InChI=1S/C11H11BrS2/c12-10-7-13-11(14-10)6-5-8-3-1-2-4-9(8)11/h1-4,10H,5-7H2. The van der Waals surface area contributed by atoms with Gasteiger partial charge in [-0.25, -0.2) is 0 Å². The third kappa shape index (κ3) is 1.36. The van der Waals surface area contributed by atoms with Gasteiger partial charge in [0.25, 0.3) is 0 Å². The summed E-state index contributed by atoms with van der Waals surface area (Å²) in [4.78, 5) is 0. The maximum atomic E-state index is 3.72. The lowest BCUT2D eigenvalue weighted by Gasteiger charge is -2.22. The molecule has 2 atom stereocenters. The first kappa shape index (κ1) is 9.61. The molecule has 0 aromatic heterocycles. The average molecular weight is 287 g/mol. The van der Waals surface area contributed by atoms with E-state index in [4.69, 9.17) is 0 Å². The Balaban J connectivity index is 2.05. The van der Waals surface area contributed by atoms with Crippen LogP contribution in [0.5, 0.6) is 0 Å². The predicted molar refractivity (Wildman–Crippen MR) is 69.2 cm³/mol. The highest BCUT2D eigenvalue weighted by molar-refractivity contribution is 9.11. The lowest BCUT2D eigenvalue weighted by Crippen LogP contribution is -2.09. The molecule has 74 valence electrons. The molecule has 1 fully saturated rings. The molecule has 1 aromatic rings. The first-order valence-corrected chi connectivity index (χ1v) is 7.62. The van der Waals surface area contributed by atoms with Crippen LogP contribution in [0.2, 0.25) is 0 Å². The third-order valence-corrected chi connectivity index (χ3v) is 7.70. The van der Waals surface area contributed by atoms with Crippen LogP contribution >= 0.6 is 39.5 Å². The van der Waals surface area contributed by atoms with Gasteiger partial charge >= 0.3 is 0 Å². The lowest BCUT2D eigenvalue weighted by molar-refractivity contribution is 0.844. The van der Waals surface area contributed by atoms with Gasteiger partial charge in [0, 0.05) is 5.75 Å². The van der Waals surface area contributed by atoms with E-state index in [-0.39, 0.29) is 0 Å². The second kappa shape index (κ2) is 3.46.